The van der Waals surface area contributed by atoms with Gasteiger partial charge in [-0.2, -0.15) is 0 Å². The van der Waals surface area contributed by atoms with E-state index in [0.717, 1.165) is 16.3 Å². The first-order valence-electron chi connectivity index (χ1n) is 7.94. The van der Waals surface area contributed by atoms with Gasteiger partial charge < -0.3 is 14.5 Å². The highest BCUT2D eigenvalue weighted by Crippen LogP contribution is 2.26. The highest BCUT2D eigenvalue weighted by atomic mass is 16.6. The Morgan fingerprint density at radius 3 is 2.40 bits per heavy atom. The summed E-state index contributed by atoms with van der Waals surface area (Å²) in [4.78, 5) is 23.7. The fraction of sp³-hybridized carbons (Fsp3) is 0.200. The lowest BCUT2D eigenvalue weighted by Crippen LogP contribution is -2.42. The summed E-state index contributed by atoms with van der Waals surface area (Å²) in [7, 11) is 0. The van der Waals surface area contributed by atoms with E-state index in [0.29, 0.717) is 5.56 Å². The summed E-state index contributed by atoms with van der Waals surface area (Å²) in [5.41, 5.74) is 0.435. The minimum Gasteiger partial charge on any atom is -0.389 e. The van der Waals surface area contributed by atoms with Gasteiger partial charge in [0.15, 0.2) is 0 Å². The van der Waals surface area contributed by atoms with Crippen molar-refractivity contribution in [3.8, 4) is 17.1 Å². The lowest BCUT2D eigenvalue weighted by molar-refractivity contribution is 0.175. The monoisotopic (exact) mass is 337 g/mol. The third kappa shape index (κ3) is 4.26. The van der Waals surface area contributed by atoms with Crippen LogP contribution < -0.4 is 15.7 Å². The molecular formula is C20H19NO4. The van der Waals surface area contributed by atoms with Crippen molar-refractivity contribution in [3.05, 3.63) is 65.0 Å². The van der Waals surface area contributed by atoms with E-state index in [-0.39, 0.29) is 5.95 Å². The molecule has 3 rings (SSSR count). The molecule has 0 aliphatic rings. The number of rotatable bonds is 2. The molecule has 0 aliphatic heterocycles. The maximum atomic E-state index is 11.9. The summed E-state index contributed by atoms with van der Waals surface area (Å²) in [6.07, 6.45) is -0.675. The molecular weight excluding hydrogens is 318 g/mol. The van der Waals surface area contributed by atoms with Gasteiger partial charge in [0.1, 0.15) is 0 Å². The zero-order valence-electron chi connectivity index (χ0n) is 14.3. The molecule has 0 spiro atoms. The molecule has 3 aromatic rings. The fourth-order valence-corrected chi connectivity index (χ4v) is 2.46. The summed E-state index contributed by atoms with van der Waals surface area (Å²) in [5.74, 6) is -0.141. The number of hydrogen-bond acceptors (Lipinski definition) is 4. The molecule has 1 heterocycles. The molecule has 0 radical (unpaired) electrons. The van der Waals surface area contributed by atoms with Gasteiger partial charge in [-0.15, -0.1) is 0 Å². The first-order valence-corrected chi connectivity index (χ1v) is 7.94. The van der Waals surface area contributed by atoms with Crippen molar-refractivity contribution in [2.45, 2.75) is 26.3 Å². The number of ether oxygens (including phenoxy) is 1. The van der Waals surface area contributed by atoms with Gasteiger partial charge in [0.25, 0.3) is 5.95 Å². The molecule has 25 heavy (non-hydrogen) atoms. The van der Waals surface area contributed by atoms with Crippen LogP contribution in [0.1, 0.15) is 20.8 Å². The van der Waals surface area contributed by atoms with E-state index in [2.05, 4.69) is 5.32 Å². The zero-order chi connectivity index (χ0) is 18.0. The van der Waals surface area contributed by atoms with Gasteiger partial charge in [-0.3, -0.25) is 0 Å². The molecule has 5 nitrogen and oxygen atoms in total. The Balaban J connectivity index is 1.93. The third-order valence-corrected chi connectivity index (χ3v) is 3.50. The summed E-state index contributed by atoms with van der Waals surface area (Å²) < 4.78 is 10.1. The average Bonchev–Trinajstić information content (AvgIpc) is 2.52. The van der Waals surface area contributed by atoms with Gasteiger partial charge in [-0.25, -0.2) is 9.59 Å². The quantitative estimate of drug-likeness (QED) is 0.755. The number of carbonyl (C=O) groups excluding carboxylic acids is 1. The van der Waals surface area contributed by atoms with Crippen LogP contribution in [0.25, 0.3) is 21.9 Å². The Kier molecular flexibility index (Phi) is 4.31. The summed E-state index contributed by atoms with van der Waals surface area (Å²) >= 11 is 0. The van der Waals surface area contributed by atoms with Crippen LogP contribution in [0.15, 0.2) is 63.8 Å². The SMILES string of the molecule is CC(C)(C)NC(=O)Oc1cc(-c2ccc3ccccc3c2)cc(=O)o1. The van der Waals surface area contributed by atoms with Gasteiger partial charge in [-0.05, 0) is 48.7 Å². The summed E-state index contributed by atoms with van der Waals surface area (Å²) in [6, 6.07) is 16.7. The van der Waals surface area contributed by atoms with Gasteiger partial charge in [-0.1, -0.05) is 36.4 Å². The third-order valence-electron chi connectivity index (χ3n) is 3.50. The van der Waals surface area contributed by atoms with Gasteiger partial charge in [0, 0.05) is 17.7 Å². The molecule has 0 saturated carbocycles. The number of amides is 1. The molecule has 128 valence electrons. The number of hydrogen-bond donors (Lipinski definition) is 1. The Bertz CT molecular complexity index is 983. The second kappa shape index (κ2) is 6.43. The smallest absolute Gasteiger partial charge is 0.389 e. The van der Waals surface area contributed by atoms with Crippen molar-refractivity contribution >= 4 is 16.9 Å². The second-order valence-corrected chi connectivity index (χ2v) is 6.81. The fourth-order valence-electron chi connectivity index (χ4n) is 2.46. The molecule has 1 N–H and O–H groups in total. The van der Waals surface area contributed by atoms with Crippen molar-refractivity contribution in [2.24, 2.45) is 0 Å². The molecule has 5 heteroatoms. The molecule has 0 fully saturated rings. The largest absolute Gasteiger partial charge is 0.415 e. The molecule has 0 aliphatic carbocycles. The lowest BCUT2D eigenvalue weighted by atomic mass is 10.0. The zero-order valence-corrected chi connectivity index (χ0v) is 14.3. The van der Waals surface area contributed by atoms with E-state index < -0.39 is 17.3 Å². The van der Waals surface area contributed by atoms with Crippen LogP contribution in [0.5, 0.6) is 5.95 Å². The molecule has 1 aromatic heterocycles. The minimum atomic E-state index is -0.675. The van der Waals surface area contributed by atoms with Crippen LogP contribution in [0.4, 0.5) is 4.79 Å². The van der Waals surface area contributed by atoms with Crippen LogP contribution >= 0.6 is 0 Å². The topological polar surface area (TPSA) is 68.5 Å². The van der Waals surface area contributed by atoms with Crippen molar-refractivity contribution in [1.82, 2.24) is 5.32 Å². The number of carbonyl (C=O) groups is 1. The predicted octanol–water partition coefficient (Wildman–Crippen LogP) is 4.35. The van der Waals surface area contributed by atoms with Crippen LogP contribution in [-0.4, -0.2) is 11.6 Å². The Morgan fingerprint density at radius 2 is 1.68 bits per heavy atom. The highest BCUT2D eigenvalue weighted by Gasteiger charge is 2.17. The van der Waals surface area contributed by atoms with Crippen LogP contribution in [0.3, 0.4) is 0 Å². The normalized spacial score (nSPS) is 11.3. The maximum Gasteiger partial charge on any atom is 0.415 e. The summed E-state index contributed by atoms with van der Waals surface area (Å²) in [6.45, 7) is 5.49. The van der Waals surface area contributed by atoms with Gasteiger partial charge in [0.2, 0.25) is 0 Å². The van der Waals surface area contributed by atoms with E-state index in [1.807, 2.05) is 63.2 Å². The van der Waals surface area contributed by atoms with Crippen molar-refractivity contribution < 1.29 is 13.9 Å². The standard InChI is InChI=1S/C20H19NO4/c1-20(2,3)21-19(23)25-18-12-16(11-17(22)24-18)15-9-8-13-6-4-5-7-14(13)10-15/h4-12H,1-3H3,(H,21,23). The van der Waals surface area contributed by atoms with E-state index in [9.17, 15) is 9.59 Å². The van der Waals surface area contributed by atoms with Gasteiger partial charge >= 0.3 is 11.7 Å². The summed E-state index contributed by atoms with van der Waals surface area (Å²) in [5, 5.41) is 4.81. The van der Waals surface area contributed by atoms with Crippen LogP contribution in [0, 0.1) is 0 Å². The number of nitrogens with one attached hydrogen (secondary N) is 1. The molecule has 0 unspecified atom stereocenters. The van der Waals surface area contributed by atoms with Gasteiger partial charge in [0.05, 0.1) is 0 Å². The number of benzene rings is 2. The first-order chi connectivity index (χ1) is 11.8. The lowest BCUT2D eigenvalue weighted by Gasteiger charge is -2.19. The first kappa shape index (κ1) is 16.8. The van der Waals surface area contributed by atoms with E-state index >= 15 is 0 Å². The van der Waals surface area contributed by atoms with Crippen molar-refractivity contribution in [3.63, 3.8) is 0 Å². The molecule has 0 saturated heterocycles. The average molecular weight is 337 g/mol. The Morgan fingerprint density at radius 1 is 0.960 bits per heavy atom. The van der Waals surface area contributed by atoms with Crippen molar-refractivity contribution in [2.75, 3.05) is 0 Å². The minimum absolute atomic E-state index is 0.141. The van der Waals surface area contributed by atoms with E-state index in [4.69, 9.17) is 9.15 Å². The maximum absolute atomic E-state index is 11.9. The molecule has 2 aromatic carbocycles. The Labute approximate surface area is 145 Å². The molecule has 1 amide bonds. The second-order valence-electron chi connectivity index (χ2n) is 6.81. The highest BCUT2D eigenvalue weighted by molar-refractivity contribution is 5.87. The molecule has 0 bridgehead atoms. The van der Waals surface area contributed by atoms with E-state index in [1.165, 1.54) is 12.1 Å². The number of fused-ring (bicyclic) bond motifs is 1. The van der Waals surface area contributed by atoms with E-state index in [1.54, 1.807) is 0 Å². The van der Waals surface area contributed by atoms with Crippen LogP contribution in [-0.2, 0) is 0 Å². The Hall–Kier alpha value is -3.08. The molecule has 0 atom stereocenters. The van der Waals surface area contributed by atoms with Crippen LogP contribution in [0.2, 0.25) is 0 Å². The van der Waals surface area contributed by atoms with Crippen molar-refractivity contribution in [1.29, 1.82) is 0 Å². The predicted molar refractivity (Wildman–Crippen MR) is 96.8 cm³/mol.